The van der Waals surface area contributed by atoms with Crippen molar-refractivity contribution < 1.29 is 19.1 Å². The Labute approximate surface area is 150 Å². The summed E-state index contributed by atoms with van der Waals surface area (Å²) in [5, 5.41) is 4.92. The normalized spacial score (nSPS) is 14.7. The molecule has 134 valence electrons. The van der Waals surface area contributed by atoms with Crippen molar-refractivity contribution in [1.29, 1.82) is 0 Å². The second kappa shape index (κ2) is 7.73. The first-order valence-electron chi connectivity index (χ1n) is 8.13. The maximum absolute atomic E-state index is 12.2. The van der Waals surface area contributed by atoms with Gasteiger partial charge in [0.2, 0.25) is 17.7 Å². The fourth-order valence-corrected chi connectivity index (χ4v) is 2.88. The lowest BCUT2D eigenvalue weighted by Crippen LogP contribution is -2.39. The molecular formula is C18H18N4O4. The quantitative estimate of drug-likeness (QED) is 0.788. The van der Waals surface area contributed by atoms with E-state index in [0.717, 1.165) is 5.56 Å². The number of anilines is 1. The molecule has 1 aromatic heterocycles. The molecule has 2 aromatic rings. The van der Waals surface area contributed by atoms with Gasteiger partial charge in [0.05, 0.1) is 12.8 Å². The lowest BCUT2D eigenvalue weighted by atomic mass is 9.93. The third-order valence-corrected chi connectivity index (χ3v) is 4.02. The van der Waals surface area contributed by atoms with Crippen LogP contribution < -0.4 is 15.4 Å². The van der Waals surface area contributed by atoms with Gasteiger partial charge in [-0.15, -0.1) is 0 Å². The number of ether oxygens (including phenoxy) is 1. The van der Waals surface area contributed by atoms with Crippen molar-refractivity contribution in [3.8, 4) is 17.0 Å². The highest BCUT2D eigenvalue weighted by Crippen LogP contribution is 2.28. The van der Waals surface area contributed by atoms with E-state index in [4.69, 9.17) is 4.74 Å². The van der Waals surface area contributed by atoms with Gasteiger partial charge in [0.25, 0.3) is 0 Å². The van der Waals surface area contributed by atoms with Gasteiger partial charge >= 0.3 is 0 Å². The van der Waals surface area contributed by atoms with Crippen molar-refractivity contribution in [2.45, 2.75) is 19.3 Å². The molecule has 0 bridgehead atoms. The monoisotopic (exact) mass is 354 g/mol. The third kappa shape index (κ3) is 4.21. The van der Waals surface area contributed by atoms with Crippen molar-refractivity contribution in [3.05, 3.63) is 36.7 Å². The fourth-order valence-electron chi connectivity index (χ4n) is 2.88. The smallest absolute Gasteiger partial charge is 0.226 e. The molecule has 3 amide bonds. The van der Waals surface area contributed by atoms with E-state index in [1.807, 2.05) is 24.3 Å². The van der Waals surface area contributed by atoms with Gasteiger partial charge in [-0.1, -0.05) is 12.1 Å². The van der Waals surface area contributed by atoms with Gasteiger partial charge in [-0.25, -0.2) is 9.97 Å². The van der Waals surface area contributed by atoms with Crippen LogP contribution in [-0.2, 0) is 14.4 Å². The Morgan fingerprint density at radius 1 is 1.23 bits per heavy atom. The number of nitrogens with zero attached hydrogens (tertiary/aromatic N) is 2. The van der Waals surface area contributed by atoms with E-state index in [9.17, 15) is 14.4 Å². The molecule has 0 saturated carbocycles. The van der Waals surface area contributed by atoms with Crippen LogP contribution >= 0.6 is 0 Å². The van der Waals surface area contributed by atoms with Gasteiger partial charge in [-0.05, 0) is 18.1 Å². The summed E-state index contributed by atoms with van der Waals surface area (Å²) in [4.78, 5) is 43.3. The molecular weight excluding hydrogens is 336 g/mol. The zero-order valence-electron chi connectivity index (χ0n) is 14.2. The predicted molar refractivity (Wildman–Crippen MR) is 93.1 cm³/mol. The summed E-state index contributed by atoms with van der Waals surface area (Å²) in [6.45, 7) is 0. The second-order valence-corrected chi connectivity index (χ2v) is 5.99. The highest BCUT2D eigenvalue weighted by atomic mass is 16.5. The van der Waals surface area contributed by atoms with Crippen molar-refractivity contribution in [2.24, 2.45) is 5.92 Å². The SMILES string of the molecule is COc1ccccc1-c1cc(NC(=O)CC2CC(=O)NC(=O)C2)ncn1. The summed E-state index contributed by atoms with van der Waals surface area (Å²) >= 11 is 0. The van der Waals surface area contributed by atoms with E-state index in [0.29, 0.717) is 17.3 Å². The number of carbonyl (C=O) groups is 3. The van der Waals surface area contributed by atoms with Crippen LogP contribution in [0.4, 0.5) is 5.82 Å². The van der Waals surface area contributed by atoms with Crippen LogP contribution in [0.3, 0.4) is 0 Å². The van der Waals surface area contributed by atoms with Gasteiger partial charge < -0.3 is 10.1 Å². The lowest BCUT2D eigenvalue weighted by molar-refractivity contribution is -0.135. The largest absolute Gasteiger partial charge is 0.496 e. The molecule has 2 N–H and O–H groups in total. The van der Waals surface area contributed by atoms with E-state index < -0.39 is 0 Å². The molecule has 3 rings (SSSR count). The van der Waals surface area contributed by atoms with Crippen LogP contribution in [-0.4, -0.2) is 34.8 Å². The highest BCUT2D eigenvalue weighted by molar-refractivity contribution is 5.99. The first-order chi connectivity index (χ1) is 12.5. The summed E-state index contributed by atoms with van der Waals surface area (Å²) in [5.41, 5.74) is 1.39. The summed E-state index contributed by atoms with van der Waals surface area (Å²) in [6, 6.07) is 9.05. The van der Waals surface area contributed by atoms with Crippen LogP contribution in [0.15, 0.2) is 36.7 Å². The Kier molecular flexibility index (Phi) is 5.21. The lowest BCUT2D eigenvalue weighted by Gasteiger charge is -2.20. The standard InChI is InChI=1S/C18H18N4O4/c1-26-14-5-3-2-4-12(14)13-9-15(20-10-19-13)21-16(23)6-11-7-17(24)22-18(25)8-11/h2-5,9-11H,6-8H2,1H3,(H,22,24,25)(H,19,20,21,23). The topological polar surface area (TPSA) is 110 Å². The molecule has 8 heteroatoms. The molecule has 1 saturated heterocycles. The van der Waals surface area contributed by atoms with Crippen LogP contribution in [0.5, 0.6) is 5.75 Å². The number of amides is 3. The Morgan fingerprint density at radius 2 is 1.96 bits per heavy atom. The number of hydrogen-bond acceptors (Lipinski definition) is 6. The zero-order chi connectivity index (χ0) is 18.5. The molecule has 1 fully saturated rings. The van der Waals surface area contributed by atoms with Crippen LogP contribution in [0.2, 0.25) is 0 Å². The minimum absolute atomic E-state index is 0.0765. The first-order valence-corrected chi connectivity index (χ1v) is 8.13. The number of nitrogens with one attached hydrogen (secondary N) is 2. The van der Waals surface area contributed by atoms with E-state index in [1.54, 1.807) is 13.2 Å². The van der Waals surface area contributed by atoms with Crippen LogP contribution in [0, 0.1) is 5.92 Å². The Hall–Kier alpha value is -3.29. The molecule has 1 aromatic carbocycles. The molecule has 0 radical (unpaired) electrons. The van der Waals surface area contributed by atoms with E-state index in [2.05, 4.69) is 20.6 Å². The number of methoxy groups -OCH3 is 1. The fraction of sp³-hybridized carbons (Fsp3) is 0.278. The summed E-state index contributed by atoms with van der Waals surface area (Å²) in [7, 11) is 1.57. The maximum atomic E-state index is 12.2. The Bertz CT molecular complexity index is 837. The Morgan fingerprint density at radius 3 is 2.69 bits per heavy atom. The van der Waals surface area contributed by atoms with Crippen LogP contribution in [0.25, 0.3) is 11.3 Å². The average Bonchev–Trinajstić information content (AvgIpc) is 2.61. The molecule has 1 aliphatic heterocycles. The maximum Gasteiger partial charge on any atom is 0.226 e. The van der Waals surface area contributed by atoms with E-state index in [1.165, 1.54) is 6.33 Å². The first kappa shape index (κ1) is 17.5. The number of rotatable bonds is 5. The average molecular weight is 354 g/mol. The van der Waals surface area contributed by atoms with Crippen molar-refractivity contribution in [1.82, 2.24) is 15.3 Å². The van der Waals surface area contributed by atoms with Crippen molar-refractivity contribution in [2.75, 3.05) is 12.4 Å². The third-order valence-electron chi connectivity index (χ3n) is 4.02. The molecule has 0 unspecified atom stereocenters. The van der Waals surface area contributed by atoms with Gasteiger partial charge in [0.1, 0.15) is 17.9 Å². The number of aromatic nitrogens is 2. The number of carbonyl (C=O) groups excluding carboxylic acids is 3. The van der Waals surface area contributed by atoms with E-state index in [-0.39, 0.29) is 42.9 Å². The van der Waals surface area contributed by atoms with Crippen molar-refractivity contribution in [3.63, 3.8) is 0 Å². The second-order valence-electron chi connectivity index (χ2n) is 5.99. The molecule has 0 aliphatic carbocycles. The number of para-hydroxylation sites is 1. The predicted octanol–water partition coefficient (Wildman–Crippen LogP) is 1.53. The molecule has 0 atom stereocenters. The molecule has 2 heterocycles. The minimum Gasteiger partial charge on any atom is -0.496 e. The number of hydrogen-bond donors (Lipinski definition) is 2. The molecule has 1 aliphatic rings. The van der Waals surface area contributed by atoms with Crippen LogP contribution in [0.1, 0.15) is 19.3 Å². The highest BCUT2D eigenvalue weighted by Gasteiger charge is 2.26. The van der Waals surface area contributed by atoms with Gasteiger partial charge in [-0.2, -0.15) is 0 Å². The molecule has 26 heavy (non-hydrogen) atoms. The summed E-state index contributed by atoms with van der Waals surface area (Å²) in [5.74, 6) is -0.291. The van der Waals surface area contributed by atoms with Crippen molar-refractivity contribution >= 4 is 23.5 Å². The van der Waals surface area contributed by atoms with Gasteiger partial charge in [0, 0.05) is 30.9 Å². The summed E-state index contributed by atoms with van der Waals surface area (Å²) in [6.07, 6.45) is 1.76. The number of piperidine rings is 1. The Balaban J connectivity index is 1.69. The molecule has 0 spiro atoms. The van der Waals surface area contributed by atoms with Gasteiger partial charge in [-0.3, -0.25) is 19.7 Å². The van der Waals surface area contributed by atoms with Gasteiger partial charge in [0.15, 0.2) is 0 Å². The molecule has 8 nitrogen and oxygen atoms in total. The minimum atomic E-state index is -0.348. The van der Waals surface area contributed by atoms with E-state index >= 15 is 0 Å². The number of imide groups is 1. The summed E-state index contributed by atoms with van der Waals surface area (Å²) < 4.78 is 5.32. The number of benzene rings is 1. The zero-order valence-corrected chi connectivity index (χ0v) is 14.2.